The number of carbonyl (C=O) groups excluding carboxylic acids is 1. The van der Waals surface area contributed by atoms with Crippen molar-refractivity contribution in [1.82, 2.24) is 9.62 Å². The highest BCUT2D eigenvalue weighted by atomic mass is 32.2. The molecule has 9 heteroatoms. The molecule has 158 valence electrons. The number of nitrogens with one attached hydrogen (secondary N) is 1. The number of rotatable bonds is 6. The molecule has 1 saturated heterocycles. The van der Waals surface area contributed by atoms with E-state index in [4.69, 9.17) is 4.42 Å². The number of amides is 1. The van der Waals surface area contributed by atoms with Crippen molar-refractivity contribution in [3.05, 3.63) is 63.8 Å². The summed E-state index contributed by atoms with van der Waals surface area (Å²) in [6, 6.07) is 11.7. The summed E-state index contributed by atoms with van der Waals surface area (Å²) in [5.41, 5.74) is -0.318. The van der Waals surface area contributed by atoms with E-state index < -0.39 is 21.6 Å². The van der Waals surface area contributed by atoms with Crippen LogP contribution in [-0.2, 0) is 10.0 Å². The zero-order valence-electron chi connectivity index (χ0n) is 16.2. The maximum Gasteiger partial charge on any atom is 0.349 e. The number of hydrogen-bond donors (Lipinski definition) is 1. The minimum atomic E-state index is -3.53. The smallest absolute Gasteiger partial charge is 0.349 e. The molecular formula is C21H22N2O5S2. The van der Waals surface area contributed by atoms with E-state index in [0.717, 1.165) is 19.3 Å². The van der Waals surface area contributed by atoms with E-state index in [-0.39, 0.29) is 18.2 Å². The minimum absolute atomic E-state index is 0.0552. The Morgan fingerprint density at radius 2 is 2.03 bits per heavy atom. The molecule has 3 heterocycles. The zero-order chi connectivity index (χ0) is 21.1. The van der Waals surface area contributed by atoms with Gasteiger partial charge >= 0.3 is 5.63 Å². The molecule has 0 bridgehead atoms. The van der Waals surface area contributed by atoms with Crippen LogP contribution in [0.3, 0.4) is 0 Å². The van der Waals surface area contributed by atoms with Crippen molar-refractivity contribution in [2.24, 2.45) is 0 Å². The van der Waals surface area contributed by atoms with Crippen LogP contribution in [0, 0.1) is 0 Å². The molecule has 0 unspecified atom stereocenters. The summed E-state index contributed by atoms with van der Waals surface area (Å²) in [5, 5.41) is 5.16. The van der Waals surface area contributed by atoms with Gasteiger partial charge in [0, 0.05) is 24.5 Å². The summed E-state index contributed by atoms with van der Waals surface area (Å²) < 4.78 is 33.0. The number of carbonyl (C=O) groups is 1. The van der Waals surface area contributed by atoms with Gasteiger partial charge < -0.3 is 9.73 Å². The van der Waals surface area contributed by atoms with E-state index in [1.807, 2.05) is 0 Å². The molecule has 3 aromatic rings. The number of benzene rings is 1. The van der Waals surface area contributed by atoms with Gasteiger partial charge in [0.15, 0.2) is 0 Å². The molecule has 1 aliphatic rings. The zero-order valence-corrected chi connectivity index (χ0v) is 17.9. The van der Waals surface area contributed by atoms with Crippen LogP contribution in [0.25, 0.3) is 11.0 Å². The first-order chi connectivity index (χ1) is 14.5. The van der Waals surface area contributed by atoms with Gasteiger partial charge in [-0.05, 0) is 42.8 Å². The normalized spacial score (nSPS) is 17.8. The Balaban J connectivity index is 1.43. The largest absolute Gasteiger partial charge is 0.422 e. The van der Waals surface area contributed by atoms with E-state index >= 15 is 0 Å². The molecule has 0 spiro atoms. The summed E-state index contributed by atoms with van der Waals surface area (Å²) in [5.74, 6) is -0.516. The van der Waals surface area contributed by atoms with Crippen LogP contribution >= 0.6 is 11.3 Å². The third-order valence-corrected chi connectivity index (χ3v) is 8.61. The van der Waals surface area contributed by atoms with Crippen molar-refractivity contribution in [3.8, 4) is 0 Å². The van der Waals surface area contributed by atoms with Crippen molar-refractivity contribution >= 4 is 38.2 Å². The Hall–Kier alpha value is -2.49. The molecule has 1 amide bonds. The Bertz CT molecular complexity index is 1200. The van der Waals surface area contributed by atoms with Gasteiger partial charge in [0.1, 0.15) is 15.4 Å². The molecule has 30 heavy (non-hydrogen) atoms. The van der Waals surface area contributed by atoms with E-state index in [2.05, 4.69) is 5.32 Å². The average Bonchev–Trinajstić information content (AvgIpc) is 3.29. The highest BCUT2D eigenvalue weighted by Crippen LogP contribution is 2.29. The van der Waals surface area contributed by atoms with Crippen LogP contribution < -0.4 is 10.9 Å². The van der Waals surface area contributed by atoms with Crippen LogP contribution in [0.2, 0.25) is 0 Å². The minimum Gasteiger partial charge on any atom is -0.422 e. The van der Waals surface area contributed by atoms with Gasteiger partial charge in [0.2, 0.25) is 0 Å². The lowest BCUT2D eigenvalue weighted by Gasteiger charge is -2.34. The van der Waals surface area contributed by atoms with E-state index in [1.54, 1.807) is 46.1 Å². The molecule has 1 aliphatic heterocycles. The average molecular weight is 447 g/mol. The molecule has 4 rings (SSSR count). The Labute approximate surface area is 178 Å². The monoisotopic (exact) mass is 446 g/mol. The fourth-order valence-electron chi connectivity index (χ4n) is 3.77. The van der Waals surface area contributed by atoms with Gasteiger partial charge in [0.25, 0.3) is 15.9 Å². The first kappa shape index (κ1) is 20.8. The Morgan fingerprint density at radius 1 is 1.20 bits per heavy atom. The second-order valence-corrected chi connectivity index (χ2v) is 10.3. The first-order valence-corrected chi connectivity index (χ1v) is 12.2. The Morgan fingerprint density at radius 3 is 2.83 bits per heavy atom. The van der Waals surface area contributed by atoms with Crippen LogP contribution in [0.15, 0.2) is 61.3 Å². The van der Waals surface area contributed by atoms with Gasteiger partial charge in [-0.1, -0.05) is 30.7 Å². The van der Waals surface area contributed by atoms with Gasteiger partial charge in [-0.3, -0.25) is 4.79 Å². The van der Waals surface area contributed by atoms with Gasteiger partial charge in [0.05, 0.1) is 0 Å². The molecular weight excluding hydrogens is 424 g/mol. The molecule has 1 fully saturated rings. The maximum atomic E-state index is 12.9. The van der Waals surface area contributed by atoms with E-state index in [0.29, 0.717) is 28.1 Å². The lowest BCUT2D eigenvalue weighted by atomic mass is 10.0. The summed E-state index contributed by atoms with van der Waals surface area (Å²) in [6.07, 6.45) is 3.00. The summed E-state index contributed by atoms with van der Waals surface area (Å²) >= 11 is 1.21. The van der Waals surface area contributed by atoms with Crippen molar-refractivity contribution in [3.63, 3.8) is 0 Å². The van der Waals surface area contributed by atoms with Crippen LogP contribution in [-0.4, -0.2) is 37.8 Å². The number of thiophene rings is 1. The van der Waals surface area contributed by atoms with Crippen molar-refractivity contribution in [2.75, 3.05) is 13.1 Å². The summed E-state index contributed by atoms with van der Waals surface area (Å²) in [4.78, 5) is 24.7. The number of nitrogens with zero attached hydrogens (tertiary/aromatic N) is 1. The number of hydrogen-bond acceptors (Lipinski definition) is 6. The number of sulfonamides is 1. The van der Waals surface area contributed by atoms with E-state index in [9.17, 15) is 18.0 Å². The topological polar surface area (TPSA) is 96.7 Å². The molecule has 2 aromatic heterocycles. The third kappa shape index (κ3) is 4.19. The van der Waals surface area contributed by atoms with Gasteiger partial charge in [-0.15, -0.1) is 11.3 Å². The first-order valence-electron chi connectivity index (χ1n) is 9.83. The van der Waals surface area contributed by atoms with Crippen LogP contribution in [0.5, 0.6) is 0 Å². The highest BCUT2D eigenvalue weighted by molar-refractivity contribution is 7.91. The Kier molecular flexibility index (Phi) is 6.03. The maximum absolute atomic E-state index is 12.9. The molecule has 1 atom stereocenters. The number of para-hydroxylation sites is 1. The lowest BCUT2D eigenvalue weighted by molar-refractivity contribution is 0.0946. The standard InChI is InChI=1S/C21H22N2O5S2/c24-20(17-14-15-6-1-2-8-18(15)28-21(17)25)22-11-10-16-7-3-4-12-23(16)30(26,27)19-9-5-13-29-19/h1-2,5-6,8-9,13-14,16H,3-4,7,10-12H2,(H,22,24)/t16-/m0/s1. The van der Waals surface area contributed by atoms with Gasteiger partial charge in [-0.25, -0.2) is 13.2 Å². The second kappa shape index (κ2) is 8.71. The summed E-state index contributed by atoms with van der Waals surface area (Å²) in [6.45, 7) is 0.749. The predicted molar refractivity (Wildman–Crippen MR) is 115 cm³/mol. The quantitative estimate of drug-likeness (QED) is 0.587. The third-order valence-electron chi connectivity index (χ3n) is 5.28. The molecule has 7 nitrogen and oxygen atoms in total. The van der Waals surface area contributed by atoms with E-state index in [1.165, 1.54) is 17.4 Å². The SMILES string of the molecule is O=C(NCC[C@@H]1CCCCN1S(=O)(=O)c1cccs1)c1cc2ccccc2oc1=O. The van der Waals surface area contributed by atoms with Crippen molar-refractivity contribution < 1.29 is 17.6 Å². The second-order valence-electron chi connectivity index (χ2n) is 7.23. The van der Waals surface area contributed by atoms with Gasteiger partial charge in [-0.2, -0.15) is 4.31 Å². The molecule has 0 saturated carbocycles. The lowest BCUT2D eigenvalue weighted by Crippen LogP contribution is -2.45. The fraction of sp³-hybridized carbons (Fsp3) is 0.333. The van der Waals surface area contributed by atoms with Crippen molar-refractivity contribution in [2.45, 2.75) is 35.9 Å². The molecule has 0 aliphatic carbocycles. The fourth-order valence-corrected chi connectivity index (χ4v) is 6.62. The number of piperidine rings is 1. The molecule has 0 radical (unpaired) electrons. The van der Waals surface area contributed by atoms with Crippen LogP contribution in [0.4, 0.5) is 0 Å². The molecule has 1 N–H and O–H groups in total. The number of fused-ring (bicyclic) bond motifs is 1. The summed E-state index contributed by atoms with van der Waals surface area (Å²) in [7, 11) is -3.53. The predicted octanol–water partition coefficient (Wildman–Crippen LogP) is 3.22. The van der Waals surface area contributed by atoms with Crippen LogP contribution in [0.1, 0.15) is 36.0 Å². The van der Waals surface area contributed by atoms with Crippen molar-refractivity contribution in [1.29, 1.82) is 0 Å². The highest BCUT2D eigenvalue weighted by Gasteiger charge is 2.33. The molecule has 1 aromatic carbocycles.